The van der Waals surface area contributed by atoms with E-state index in [1.165, 1.54) is 0 Å². The van der Waals surface area contributed by atoms with Gasteiger partial charge >= 0.3 is 0 Å². The van der Waals surface area contributed by atoms with Crippen LogP contribution in [0.5, 0.6) is 0 Å². The van der Waals surface area contributed by atoms with Crippen molar-refractivity contribution in [1.29, 1.82) is 0 Å². The van der Waals surface area contributed by atoms with Gasteiger partial charge in [0.25, 0.3) is 0 Å². The molecule has 0 fully saturated rings. The Bertz CT molecular complexity index is 248. The normalized spacial score (nSPS) is 10.1. The van der Waals surface area contributed by atoms with E-state index in [4.69, 9.17) is 0 Å². The van der Waals surface area contributed by atoms with Crippen LogP contribution < -0.4 is 0 Å². The third kappa shape index (κ3) is 2.26. The Labute approximate surface area is 75.2 Å². The maximum Gasteiger partial charge on any atom is 0.127 e. The van der Waals surface area contributed by atoms with Crippen molar-refractivity contribution in [2.75, 3.05) is 0 Å². The second-order valence-corrected chi connectivity index (χ2v) is 3.24. The second kappa shape index (κ2) is 3.81. The molecule has 11 heavy (non-hydrogen) atoms. The van der Waals surface area contributed by atoms with Gasteiger partial charge in [0, 0.05) is 6.20 Å². The predicted octanol–water partition coefficient (Wildman–Crippen LogP) is 2.50. The number of hydrogen-bond acceptors (Lipinski definition) is 2. The summed E-state index contributed by atoms with van der Waals surface area (Å²) in [7, 11) is 0. The van der Waals surface area contributed by atoms with E-state index in [0.29, 0.717) is 0 Å². The van der Waals surface area contributed by atoms with Gasteiger partial charge in [0.05, 0.1) is 11.4 Å². The molecule has 0 N–H and O–H groups in total. The molecule has 0 saturated heterocycles. The van der Waals surface area contributed by atoms with Crippen LogP contribution >= 0.6 is 15.9 Å². The zero-order chi connectivity index (χ0) is 8.27. The molecule has 0 saturated carbocycles. The summed E-state index contributed by atoms with van der Waals surface area (Å²) in [6, 6.07) is 0. The zero-order valence-electron chi connectivity index (χ0n) is 6.76. The molecule has 0 atom stereocenters. The number of nitrogens with zero attached hydrogens (tertiary/aromatic N) is 2. The molecule has 0 aromatic carbocycles. The lowest BCUT2D eigenvalue weighted by Crippen LogP contribution is -1.94. The minimum absolute atomic E-state index is 0.864. The summed E-state index contributed by atoms with van der Waals surface area (Å²) in [6.45, 7) is 4.07. The van der Waals surface area contributed by atoms with E-state index in [1.807, 2.05) is 13.1 Å². The average Bonchev–Trinajstić information content (AvgIpc) is 1.98. The monoisotopic (exact) mass is 214 g/mol. The summed E-state index contributed by atoms with van der Waals surface area (Å²) in [5, 5.41) is 0. The molecule has 0 aliphatic carbocycles. The van der Waals surface area contributed by atoms with Crippen LogP contribution in [-0.2, 0) is 6.42 Å². The topological polar surface area (TPSA) is 25.8 Å². The smallest absolute Gasteiger partial charge is 0.127 e. The molecular weight excluding hydrogens is 204 g/mol. The van der Waals surface area contributed by atoms with Crippen LogP contribution in [0.15, 0.2) is 10.8 Å². The van der Waals surface area contributed by atoms with Crippen molar-refractivity contribution in [2.45, 2.75) is 26.7 Å². The Hall–Kier alpha value is -0.440. The Balaban J connectivity index is 2.86. The second-order valence-electron chi connectivity index (χ2n) is 2.49. The number of aryl methyl sites for hydroxylation is 2. The fourth-order valence-corrected chi connectivity index (χ4v) is 1.17. The largest absolute Gasteiger partial charge is 0.257 e. The molecule has 0 aliphatic heterocycles. The lowest BCUT2D eigenvalue weighted by molar-refractivity contribution is 0.857. The first-order valence-electron chi connectivity index (χ1n) is 3.72. The summed E-state index contributed by atoms with van der Waals surface area (Å²) in [4.78, 5) is 8.50. The van der Waals surface area contributed by atoms with Crippen LogP contribution in [-0.4, -0.2) is 9.97 Å². The molecule has 0 spiro atoms. The van der Waals surface area contributed by atoms with E-state index in [9.17, 15) is 0 Å². The first kappa shape index (κ1) is 8.65. The highest BCUT2D eigenvalue weighted by atomic mass is 79.9. The van der Waals surface area contributed by atoms with Gasteiger partial charge < -0.3 is 0 Å². The van der Waals surface area contributed by atoms with Gasteiger partial charge in [-0.05, 0) is 29.3 Å². The van der Waals surface area contributed by atoms with Crippen molar-refractivity contribution in [3.8, 4) is 0 Å². The average molecular weight is 215 g/mol. The third-order valence-corrected chi connectivity index (χ3v) is 2.20. The van der Waals surface area contributed by atoms with Crippen LogP contribution in [0.3, 0.4) is 0 Å². The maximum atomic E-state index is 4.32. The Morgan fingerprint density at radius 1 is 1.55 bits per heavy atom. The van der Waals surface area contributed by atoms with Crippen LogP contribution in [0.4, 0.5) is 0 Å². The van der Waals surface area contributed by atoms with Gasteiger partial charge in [0.2, 0.25) is 0 Å². The fraction of sp³-hybridized carbons (Fsp3) is 0.500. The number of hydrogen-bond donors (Lipinski definition) is 0. The molecular formula is C8H11BrN2. The summed E-state index contributed by atoms with van der Waals surface area (Å²) in [6.07, 6.45) is 3.96. The molecule has 60 valence electrons. The summed E-state index contributed by atoms with van der Waals surface area (Å²) in [5.41, 5.74) is 2.01. The van der Waals surface area contributed by atoms with Gasteiger partial charge in [-0.3, -0.25) is 4.98 Å². The SMILES string of the molecule is CCCc1cnc(C)c(Br)n1. The summed E-state index contributed by atoms with van der Waals surface area (Å²) < 4.78 is 0.864. The fourth-order valence-electron chi connectivity index (χ4n) is 0.837. The van der Waals surface area contributed by atoms with E-state index in [1.54, 1.807) is 0 Å². The van der Waals surface area contributed by atoms with Crippen molar-refractivity contribution < 1.29 is 0 Å². The van der Waals surface area contributed by atoms with Gasteiger partial charge in [0.1, 0.15) is 4.60 Å². The van der Waals surface area contributed by atoms with Gasteiger partial charge in [-0.2, -0.15) is 0 Å². The standard InChI is InChI=1S/C8H11BrN2/c1-3-4-7-5-10-6(2)8(9)11-7/h5H,3-4H2,1-2H3. The van der Waals surface area contributed by atoms with Gasteiger partial charge in [-0.25, -0.2) is 4.98 Å². The molecule has 1 rings (SSSR count). The van der Waals surface area contributed by atoms with Crippen molar-refractivity contribution >= 4 is 15.9 Å². The van der Waals surface area contributed by atoms with Crippen molar-refractivity contribution in [3.63, 3.8) is 0 Å². The quantitative estimate of drug-likeness (QED) is 0.757. The van der Waals surface area contributed by atoms with Crippen LogP contribution in [0, 0.1) is 6.92 Å². The van der Waals surface area contributed by atoms with Crippen molar-refractivity contribution in [2.24, 2.45) is 0 Å². The molecule has 0 aliphatic rings. The Morgan fingerprint density at radius 2 is 2.27 bits per heavy atom. The molecule has 1 aromatic rings. The van der Waals surface area contributed by atoms with Crippen LogP contribution in [0.1, 0.15) is 24.7 Å². The first-order valence-corrected chi connectivity index (χ1v) is 4.51. The predicted molar refractivity (Wildman–Crippen MR) is 48.5 cm³/mol. The van der Waals surface area contributed by atoms with Crippen molar-refractivity contribution in [3.05, 3.63) is 22.2 Å². The number of rotatable bonds is 2. The van der Waals surface area contributed by atoms with E-state index in [2.05, 4.69) is 32.8 Å². The minimum atomic E-state index is 0.864. The molecule has 2 nitrogen and oxygen atoms in total. The number of halogens is 1. The van der Waals surface area contributed by atoms with Crippen molar-refractivity contribution in [1.82, 2.24) is 9.97 Å². The lowest BCUT2D eigenvalue weighted by atomic mass is 10.3. The zero-order valence-corrected chi connectivity index (χ0v) is 8.35. The highest BCUT2D eigenvalue weighted by Crippen LogP contribution is 2.10. The van der Waals surface area contributed by atoms with E-state index in [0.717, 1.165) is 28.8 Å². The van der Waals surface area contributed by atoms with Crippen LogP contribution in [0.2, 0.25) is 0 Å². The highest BCUT2D eigenvalue weighted by molar-refractivity contribution is 9.10. The van der Waals surface area contributed by atoms with Gasteiger partial charge in [-0.1, -0.05) is 13.3 Å². The molecule has 1 heterocycles. The molecule has 0 amide bonds. The third-order valence-electron chi connectivity index (χ3n) is 1.45. The Kier molecular flexibility index (Phi) is 3.00. The maximum absolute atomic E-state index is 4.32. The number of aromatic nitrogens is 2. The van der Waals surface area contributed by atoms with E-state index < -0.39 is 0 Å². The highest BCUT2D eigenvalue weighted by Gasteiger charge is 1.98. The van der Waals surface area contributed by atoms with Crippen LogP contribution in [0.25, 0.3) is 0 Å². The summed E-state index contributed by atoms with van der Waals surface area (Å²) >= 11 is 3.34. The van der Waals surface area contributed by atoms with Gasteiger partial charge in [0.15, 0.2) is 0 Å². The molecule has 0 unspecified atom stereocenters. The minimum Gasteiger partial charge on any atom is -0.257 e. The molecule has 3 heteroatoms. The molecule has 0 radical (unpaired) electrons. The van der Waals surface area contributed by atoms with E-state index >= 15 is 0 Å². The summed E-state index contributed by atoms with van der Waals surface area (Å²) in [5.74, 6) is 0. The Morgan fingerprint density at radius 3 is 2.82 bits per heavy atom. The lowest BCUT2D eigenvalue weighted by Gasteiger charge is -1.99. The molecule has 0 bridgehead atoms. The van der Waals surface area contributed by atoms with E-state index in [-0.39, 0.29) is 0 Å². The molecule has 1 aromatic heterocycles. The van der Waals surface area contributed by atoms with Gasteiger partial charge in [-0.15, -0.1) is 0 Å². The first-order chi connectivity index (χ1) is 5.24.